The van der Waals surface area contributed by atoms with E-state index in [4.69, 9.17) is 4.74 Å². The molecule has 0 aliphatic carbocycles. The van der Waals surface area contributed by atoms with Gasteiger partial charge < -0.3 is 15.0 Å². The van der Waals surface area contributed by atoms with E-state index in [9.17, 15) is 9.59 Å². The van der Waals surface area contributed by atoms with Crippen molar-refractivity contribution >= 4 is 33.2 Å². The number of ether oxygens (including phenoxy) is 1. The van der Waals surface area contributed by atoms with Gasteiger partial charge >= 0.3 is 0 Å². The number of nitrogens with one attached hydrogen (secondary N) is 1. The largest absolute Gasteiger partial charge is 0.377 e. The van der Waals surface area contributed by atoms with Gasteiger partial charge in [-0.15, -0.1) is 11.3 Å². The lowest BCUT2D eigenvalue weighted by Gasteiger charge is -2.35. The van der Waals surface area contributed by atoms with E-state index in [0.29, 0.717) is 31.9 Å². The Kier molecular flexibility index (Phi) is 4.02. The van der Waals surface area contributed by atoms with Gasteiger partial charge in [-0.25, -0.2) is 0 Å². The summed E-state index contributed by atoms with van der Waals surface area (Å²) in [5.41, 5.74) is 1.79. The van der Waals surface area contributed by atoms with Crippen molar-refractivity contribution in [2.24, 2.45) is 0 Å². The van der Waals surface area contributed by atoms with Crippen LogP contribution in [-0.2, 0) is 11.2 Å². The summed E-state index contributed by atoms with van der Waals surface area (Å²) in [6.07, 6.45) is 1.72. The van der Waals surface area contributed by atoms with Crippen LogP contribution in [0.3, 0.4) is 0 Å². The first kappa shape index (κ1) is 15.6. The van der Waals surface area contributed by atoms with Crippen LogP contribution < -0.4 is 5.32 Å². The Hall–Kier alpha value is -1.92. The van der Waals surface area contributed by atoms with Crippen molar-refractivity contribution < 1.29 is 14.3 Å². The normalized spacial score (nSPS) is 20.8. The molecule has 4 rings (SSSR count). The van der Waals surface area contributed by atoms with Gasteiger partial charge in [-0.1, -0.05) is 6.92 Å². The molecule has 3 heterocycles. The van der Waals surface area contributed by atoms with Crippen molar-refractivity contribution in [1.82, 2.24) is 10.2 Å². The monoisotopic (exact) mass is 344 g/mol. The van der Waals surface area contributed by atoms with Crippen molar-refractivity contribution in [3.63, 3.8) is 0 Å². The van der Waals surface area contributed by atoms with Crippen molar-refractivity contribution in [1.29, 1.82) is 0 Å². The maximum absolute atomic E-state index is 13.0. The Bertz CT molecular complexity index is 814. The highest BCUT2D eigenvalue weighted by atomic mass is 32.1. The summed E-state index contributed by atoms with van der Waals surface area (Å²) in [6, 6.07) is 5.96. The summed E-state index contributed by atoms with van der Waals surface area (Å²) in [4.78, 5) is 27.7. The molecule has 0 bridgehead atoms. The second-order valence-electron chi connectivity index (χ2n) is 6.26. The summed E-state index contributed by atoms with van der Waals surface area (Å²) in [6.45, 7) is 4.59. The third kappa shape index (κ3) is 2.50. The van der Waals surface area contributed by atoms with Crippen LogP contribution in [0.4, 0.5) is 0 Å². The Morgan fingerprint density at radius 3 is 3.17 bits per heavy atom. The second kappa shape index (κ2) is 6.18. The van der Waals surface area contributed by atoms with Crippen LogP contribution in [0.15, 0.2) is 18.2 Å². The predicted molar refractivity (Wildman–Crippen MR) is 93.8 cm³/mol. The zero-order valence-electron chi connectivity index (χ0n) is 13.6. The quantitative estimate of drug-likeness (QED) is 0.910. The van der Waals surface area contributed by atoms with Crippen LogP contribution in [0.1, 0.15) is 38.9 Å². The molecule has 24 heavy (non-hydrogen) atoms. The van der Waals surface area contributed by atoms with E-state index >= 15 is 0 Å². The molecule has 1 fully saturated rings. The first-order valence-corrected chi connectivity index (χ1v) is 9.23. The van der Waals surface area contributed by atoms with Crippen LogP contribution in [0.5, 0.6) is 0 Å². The number of amides is 2. The van der Waals surface area contributed by atoms with Gasteiger partial charge in [0, 0.05) is 23.4 Å². The number of thiophene rings is 1. The molecule has 0 unspecified atom stereocenters. The SMILES string of the molecule is CC[C@H]1COCCN1C(=O)c1ccc2sc3c(c2c1)CCNC3=O. The lowest BCUT2D eigenvalue weighted by molar-refractivity contribution is -0.00278. The molecule has 2 amide bonds. The molecule has 0 spiro atoms. The molecule has 2 aromatic rings. The third-order valence-electron chi connectivity index (χ3n) is 4.86. The van der Waals surface area contributed by atoms with Crippen molar-refractivity contribution in [2.45, 2.75) is 25.8 Å². The Labute approximate surface area is 144 Å². The van der Waals surface area contributed by atoms with Crippen LogP contribution in [0.25, 0.3) is 10.1 Å². The van der Waals surface area contributed by atoms with Gasteiger partial charge in [-0.05, 0) is 42.0 Å². The molecule has 5 nitrogen and oxygen atoms in total. The molecule has 1 aromatic heterocycles. The summed E-state index contributed by atoms with van der Waals surface area (Å²) in [7, 11) is 0. The minimum absolute atomic E-state index is 0.00422. The molecular weight excluding hydrogens is 324 g/mol. The van der Waals surface area contributed by atoms with E-state index in [0.717, 1.165) is 33.4 Å². The van der Waals surface area contributed by atoms with E-state index < -0.39 is 0 Å². The smallest absolute Gasteiger partial charge is 0.261 e. The summed E-state index contributed by atoms with van der Waals surface area (Å²) < 4.78 is 6.57. The minimum Gasteiger partial charge on any atom is -0.377 e. The fourth-order valence-electron chi connectivity index (χ4n) is 3.52. The van der Waals surface area contributed by atoms with Crippen LogP contribution in [0.2, 0.25) is 0 Å². The Morgan fingerprint density at radius 1 is 1.46 bits per heavy atom. The van der Waals surface area contributed by atoms with Gasteiger partial charge in [0.2, 0.25) is 0 Å². The standard InChI is InChI=1S/C18H20N2O3S/c1-2-12-10-23-8-7-20(12)18(22)11-3-4-15-14(9-11)13-5-6-19-17(21)16(13)24-15/h3-4,9,12H,2,5-8,10H2,1H3,(H,19,21)/t12-/m0/s1. The lowest BCUT2D eigenvalue weighted by atomic mass is 10.0. The number of nitrogens with zero attached hydrogens (tertiary/aromatic N) is 1. The molecule has 6 heteroatoms. The minimum atomic E-state index is 0.00422. The van der Waals surface area contributed by atoms with Crippen LogP contribution >= 0.6 is 11.3 Å². The number of carbonyl (C=O) groups is 2. The Morgan fingerprint density at radius 2 is 2.33 bits per heavy atom. The number of hydrogen-bond donors (Lipinski definition) is 1. The van der Waals surface area contributed by atoms with E-state index in [2.05, 4.69) is 12.2 Å². The molecule has 1 N–H and O–H groups in total. The highest BCUT2D eigenvalue weighted by Gasteiger charge is 2.28. The Balaban J connectivity index is 1.72. The number of benzene rings is 1. The molecule has 0 saturated carbocycles. The zero-order valence-corrected chi connectivity index (χ0v) is 14.4. The first-order chi connectivity index (χ1) is 11.7. The van der Waals surface area contributed by atoms with Gasteiger partial charge in [0.05, 0.1) is 24.1 Å². The van der Waals surface area contributed by atoms with Gasteiger partial charge in [-0.3, -0.25) is 9.59 Å². The second-order valence-corrected chi connectivity index (χ2v) is 7.31. The number of carbonyl (C=O) groups excluding carboxylic acids is 2. The van der Waals surface area contributed by atoms with Gasteiger partial charge in [0.1, 0.15) is 0 Å². The number of morpholine rings is 1. The van der Waals surface area contributed by atoms with Gasteiger partial charge in [0.15, 0.2) is 0 Å². The van der Waals surface area contributed by atoms with E-state index in [-0.39, 0.29) is 17.9 Å². The maximum atomic E-state index is 13.0. The molecule has 2 aliphatic rings. The fourth-order valence-corrected chi connectivity index (χ4v) is 4.67. The highest BCUT2D eigenvalue weighted by Crippen LogP contribution is 2.34. The van der Waals surface area contributed by atoms with E-state index in [1.807, 2.05) is 23.1 Å². The van der Waals surface area contributed by atoms with Crippen molar-refractivity contribution in [2.75, 3.05) is 26.3 Å². The lowest BCUT2D eigenvalue weighted by Crippen LogP contribution is -2.48. The average Bonchev–Trinajstić information content (AvgIpc) is 3.00. The molecule has 126 valence electrons. The number of fused-ring (bicyclic) bond motifs is 3. The zero-order chi connectivity index (χ0) is 16.7. The average molecular weight is 344 g/mol. The third-order valence-corrected chi connectivity index (χ3v) is 6.08. The van der Waals surface area contributed by atoms with Gasteiger partial charge in [0.25, 0.3) is 11.8 Å². The molecule has 1 atom stereocenters. The molecule has 2 aliphatic heterocycles. The number of hydrogen-bond acceptors (Lipinski definition) is 4. The van der Waals surface area contributed by atoms with Crippen molar-refractivity contribution in [3.05, 3.63) is 34.2 Å². The summed E-state index contributed by atoms with van der Waals surface area (Å²) in [5, 5.41) is 3.94. The van der Waals surface area contributed by atoms with Gasteiger partial charge in [-0.2, -0.15) is 0 Å². The summed E-state index contributed by atoms with van der Waals surface area (Å²) >= 11 is 1.51. The number of rotatable bonds is 2. The van der Waals surface area contributed by atoms with E-state index in [1.165, 1.54) is 11.3 Å². The predicted octanol–water partition coefficient (Wildman–Crippen LogP) is 2.44. The van der Waals surface area contributed by atoms with E-state index in [1.54, 1.807) is 0 Å². The molecular formula is C18H20N2O3S. The summed E-state index contributed by atoms with van der Waals surface area (Å²) in [5.74, 6) is 0.0665. The maximum Gasteiger partial charge on any atom is 0.261 e. The molecule has 1 aromatic carbocycles. The van der Waals surface area contributed by atoms with Crippen molar-refractivity contribution in [3.8, 4) is 0 Å². The topological polar surface area (TPSA) is 58.6 Å². The first-order valence-electron chi connectivity index (χ1n) is 8.41. The van der Waals surface area contributed by atoms with Crippen LogP contribution in [-0.4, -0.2) is 49.1 Å². The highest BCUT2D eigenvalue weighted by molar-refractivity contribution is 7.21. The van der Waals surface area contributed by atoms with Crippen LogP contribution in [0, 0.1) is 0 Å². The molecule has 1 saturated heterocycles. The fraction of sp³-hybridized carbons (Fsp3) is 0.444. The molecule has 0 radical (unpaired) electrons.